The van der Waals surface area contributed by atoms with Crippen molar-refractivity contribution in [1.29, 1.82) is 0 Å². The van der Waals surface area contributed by atoms with Crippen molar-refractivity contribution in [1.82, 2.24) is 19.9 Å². The van der Waals surface area contributed by atoms with Crippen molar-refractivity contribution in [2.75, 3.05) is 80.7 Å². The van der Waals surface area contributed by atoms with Crippen molar-refractivity contribution in [3.05, 3.63) is 36.7 Å². The summed E-state index contributed by atoms with van der Waals surface area (Å²) in [6.45, 7) is 9.25. The first-order chi connectivity index (χ1) is 13.4. The Balaban J connectivity index is 1.27. The molecular weight excluding hydrogens is 342 g/mol. The molecule has 4 rings (SSSR count). The summed E-state index contributed by atoms with van der Waals surface area (Å²) in [6, 6.07) is 8.04. The first kappa shape index (κ1) is 17.9. The van der Waals surface area contributed by atoms with Crippen LogP contribution in [0.2, 0.25) is 0 Å². The van der Waals surface area contributed by atoms with E-state index in [1.807, 2.05) is 30.6 Å². The Morgan fingerprint density at radius 3 is 2.37 bits per heavy atom. The molecule has 144 valence electrons. The SMILES string of the molecule is c1ccc(N2CCN(c3ccnc(NCCN4CCOCC4)n3)CC2)nc1. The number of nitrogens with one attached hydrogen (secondary N) is 1. The summed E-state index contributed by atoms with van der Waals surface area (Å²) in [5, 5.41) is 3.35. The maximum absolute atomic E-state index is 5.38. The third kappa shape index (κ3) is 4.84. The second-order valence-corrected chi connectivity index (χ2v) is 6.78. The molecule has 0 saturated carbocycles. The Hall–Kier alpha value is -2.45. The van der Waals surface area contributed by atoms with Crippen LogP contribution in [0.5, 0.6) is 0 Å². The molecule has 0 aliphatic carbocycles. The number of hydrogen-bond acceptors (Lipinski definition) is 8. The van der Waals surface area contributed by atoms with E-state index in [2.05, 4.69) is 36.1 Å². The van der Waals surface area contributed by atoms with Crippen molar-refractivity contribution in [3.63, 3.8) is 0 Å². The first-order valence-corrected chi connectivity index (χ1v) is 9.66. The Morgan fingerprint density at radius 2 is 1.63 bits per heavy atom. The molecule has 4 heterocycles. The maximum atomic E-state index is 5.38. The van der Waals surface area contributed by atoms with E-state index in [1.165, 1.54) is 0 Å². The highest BCUT2D eigenvalue weighted by atomic mass is 16.5. The summed E-state index contributed by atoms with van der Waals surface area (Å²) in [7, 11) is 0. The van der Waals surface area contributed by atoms with Crippen LogP contribution in [0.15, 0.2) is 36.7 Å². The van der Waals surface area contributed by atoms with Crippen LogP contribution in [0.3, 0.4) is 0 Å². The van der Waals surface area contributed by atoms with Gasteiger partial charge in [0.15, 0.2) is 0 Å². The highest BCUT2D eigenvalue weighted by molar-refractivity contribution is 5.46. The topological polar surface area (TPSA) is 69.7 Å². The minimum absolute atomic E-state index is 0.702. The summed E-state index contributed by atoms with van der Waals surface area (Å²) in [6.07, 6.45) is 3.69. The predicted molar refractivity (Wildman–Crippen MR) is 106 cm³/mol. The molecule has 2 aliphatic heterocycles. The van der Waals surface area contributed by atoms with Crippen molar-refractivity contribution < 1.29 is 4.74 Å². The lowest BCUT2D eigenvalue weighted by atomic mass is 10.3. The molecule has 0 atom stereocenters. The average Bonchev–Trinajstić information content (AvgIpc) is 2.76. The number of nitrogens with zero attached hydrogens (tertiary/aromatic N) is 6. The van der Waals surface area contributed by atoms with Gasteiger partial charge in [0.05, 0.1) is 13.2 Å². The standard InChI is InChI=1S/C19H27N7O/c1-2-5-20-17(3-1)25-9-11-26(12-10-25)18-4-6-21-19(23-18)22-7-8-24-13-15-27-16-14-24/h1-6H,7-16H2,(H,21,22,23). The molecule has 2 aromatic rings. The van der Waals surface area contributed by atoms with Crippen LogP contribution in [0.25, 0.3) is 0 Å². The zero-order chi connectivity index (χ0) is 18.3. The first-order valence-electron chi connectivity index (χ1n) is 9.66. The zero-order valence-electron chi connectivity index (χ0n) is 15.6. The Morgan fingerprint density at radius 1 is 0.852 bits per heavy atom. The molecule has 0 aromatic carbocycles. The van der Waals surface area contributed by atoms with E-state index in [0.717, 1.165) is 77.2 Å². The lowest BCUT2D eigenvalue weighted by Gasteiger charge is -2.36. The van der Waals surface area contributed by atoms with Crippen LogP contribution in [-0.2, 0) is 4.74 Å². The van der Waals surface area contributed by atoms with Gasteiger partial charge in [0.2, 0.25) is 5.95 Å². The van der Waals surface area contributed by atoms with Crippen molar-refractivity contribution >= 4 is 17.6 Å². The van der Waals surface area contributed by atoms with Crippen LogP contribution in [0.4, 0.5) is 17.6 Å². The number of ether oxygens (including phenoxy) is 1. The Kier molecular flexibility index (Phi) is 5.96. The Labute approximate surface area is 160 Å². The van der Waals surface area contributed by atoms with Crippen LogP contribution in [0, 0.1) is 0 Å². The number of aromatic nitrogens is 3. The summed E-state index contributed by atoms with van der Waals surface area (Å²) in [4.78, 5) is 20.5. The van der Waals surface area contributed by atoms with Gasteiger partial charge in [-0.1, -0.05) is 6.07 Å². The number of anilines is 3. The molecule has 0 unspecified atom stereocenters. The fraction of sp³-hybridized carbons (Fsp3) is 0.526. The van der Waals surface area contributed by atoms with Crippen LogP contribution < -0.4 is 15.1 Å². The van der Waals surface area contributed by atoms with Crippen LogP contribution >= 0.6 is 0 Å². The number of pyridine rings is 1. The number of piperazine rings is 1. The highest BCUT2D eigenvalue weighted by Gasteiger charge is 2.19. The molecule has 8 nitrogen and oxygen atoms in total. The van der Waals surface area contributed by atoms with E-state index >= 15 is 0 Å². The minimum atomic E-state index is 0.702. The molecule has 0 bridgehead atoms. The molecule has 0 spiro atoms. The van der Waals surface area contributed by atoms with Crippen molar-refractivity contribution in [2.45, 2.75) is 0 Å². The molecule has 2 saturated heterocycles. The van der Waals surface area contributed by atoms with Crippen LogP contribution in [-0.4, -0.2) is 85.4 Å². The summed E-state index contributed by atoms with van der Waals surface area (Å²) in [5.74, 6) is 2.73. The van der Waals surface area contributed by atoms with E-state index < -0.39 is 0 Å². The molecule has 2 fully saturated rings. The fourth-order valence-electron chi connectivity index (χ4n) is 3.47. The second-order valence-electron chi connectivity index (χ2n) is 6.78. The smallest absolute Gasteiger partial charge is 0.224 e. The molecule has 1 N–H and O–H groups in total. The van der Waals surface area contributed by atoms with Crippen molar-refractivity contribution in [2.24, 2.45) is 0 Å². The number of rotatable bonds is 6. The maximum Gasteiger partial charge on any atom is 0.224 e. The van der Waals surface area contributed by atoms with E-state index in [9.17, 15) is 0 Å². The number of morpholine rings is 1. The van der Waals surface area contributed by atoms with Gasteiger partial charge in [-0.05, 0) is 18.2 Å². The number of hydrogen-bond donors (Lipinski definition) is 1. The highest BCUT2D eigenvalue weighted by Crippen LogP contribution is 2.17. The van der Waals surface area contributed by atoms with Gasteiger partial charge in [0.1, 0.15) is 11.6 Å². The minimum Gasteiger partial charge on any atom is -0.379 e. The normalized spacial score (nSPS) is 18.5. The van der Waals surface area contributed by atoms with E-state index in [-0.39, 0.29) is 0 Å². The summed E-state index contributed by atoms with van der Waals surface area (Å²) < 4.78 is 5.38. The third-order valence-electron chi connectivity index (χ3n) is 5.03. The zero-order valence-corrected chi connectivity index (χ0v) is 15.6. The monoisotopic (exact) mass is 369 g/mol. The average molecular weight is 369 g/mol. The van der Waals surface area contributed by atoms with Gasteiger partial charge in [-0.15, -0.1) is 0 Å². The van der Waals surface area contributed by atoms with Gasteiger partial charge in [-0.3, -0.25) is 4.90 Å². The van der Waals surface area contributed by atoms with Gasteiger partial charge >= 0.3 is 0 Å². The quantitative estimate of drug-likeness (QED) is 0.807. The molecule has 2 aliphatic rings. The third-order valence-corrected chi connectivity index (χ3v) is 5.03. The largest absolute Gasteiger partial charge is 0.379 e. The van der Waals surface area contributed by atoms with E-state index in [4.69, 9.17) is 9.72 Å². The van der Waals surface area contributed by atoms with E-state index in [1.54, 1.807) is 0 Å². The second kappa shape index (κ2) is 8.96. The van der Waals surface area contributed by atoms with Gasteiger partial charge in [0.25, 0.3) is 0 Å². The van der Waals surface area contributed by atoms with Crippen LogP contribution in [0.1, 0.15) is 0 Å². The van der Waals surface area contributed by atoms with Gasteiger partial charge < -0.3 is 19.9 Å². The molecular formula is C19H27N7O. The lowest BCUT2D eigenvalue weighted by molar-refractivity contribution is 0.0398. The molecule has 0 radical (unpaired) electrons. The molecule has 27 heavy (non-hydrogen) atoms. The molecule has 8 heteroatoms. The molecule has 2 aromatic heterocycles. The van der Waals surface area contributed by atoms with E-state index in [0.29, 0.717) is 5.95 Å². The van der Waals surface area contributed by atoms with Crippen molar-refractivity contribution in [3.8, 4) is 0 Å². The fourth-order valence-corrected chi connectivity index (χ4v) is 3.47. The predicted octanol–water partition coefficient (Wildman–Crippen LogP) is 0.942. The molecule has 0 amide bonds. The van der Waals surface area contributed by atoms with Gasteiger partial charge in [0, 0.05) is 64.8 Å². The van der Waals surface area contributed by atoms with Gasteiger partial charge in [-0.25, -0.2) is 9.97 Å². The lowest BCUT2D eigenvalue weighted by Crippen LogP contribution is -2.47. The Bertz CT molecular complexity index is 700. The van der Waals surface area contributed by atoms with Gasteiger partial charge in [-0.2, -0.15) is 4.98 Å². The summed E-state index contributed by atoms with van der Waals surface area (Å²) in [5.41, 5.74) is 0. The summed E-state index contributed by atoms with van der Waals surface area (Å²) >= 11 is 0.